The van der Waals surface area contributed by atoms with Crippen LogP contribution in [0.5, 0.6) is 5.75 Å². The van der Waals surface area contributed by atoms with Crippen molar-refractivity contribution in [2.75, 3.05) is 7.05 Å². The normalized spacial score (nSPS) is 11.9. The van der Waals surface area contributed by atoms with E-state index in [0.717, 1.165) is 17.3 Å². The first-order chi connectivity index (χ1) is 14.4. The number of aromatic nitrogens is 3. The zero-order chi connectivity index (χ0) is 21.4. The molecule has 0 amide bonds. The lowest BCUT2D eigenvalue weighted by atomic mass is 10.1. The standard InChI is InChI=1S/C23H30N6O/c1-23(2,3)30-21-11-6-5-10-20(21)14-27-22(24-4)26-13-18-8-7-9-19(12-18)15-29-17-25-16-28-29/h5-12,16-17H,13-15H2,1-4H3,(H2,24,26,27). The summed E-state index contributed by atoms with van der Waals surface area (Å²) in [4.78, 5) is 8.33. The van der Waals surface area contributed by atoms with Crippen LogP contribution >= 0.6 is 0 Å². The Morgan fingerprint density at radius 3 is 2.53 bits per heavy atom. The van der Waals surface area contributed by atoms with Crippen molar-refractivity contribution in [3.63, 3.8) is 0 Å². The average Bonchev–Trinajstić information content (AvgIpc) is 3.21. The maximum atomic E-state index is 6.07. The fourth-order valence-electron chi connectivity index (χ4n) is 3.00. The van der Waals surface area contributed by atoms with Crippen molar-refractivity contribution in [3.05, 3.63) is 77.9 Å². The number of benzene rings is 2. The van der Waals surface area contributed by atoms with Crippen LogP contribution in [0.25, 0.3) is 0 Å². The van der Waals surface area contributed by atoms with Crippen LogP contribution in [0.3, 0.4) is 0 Å². The second-order valence-corrected chi connectivity index (χ2v) is 8.01. The van der Waals surface area contributed by atoms with Gasteiger partial charge in [0.1, 0.15) is 24.0 Å². The second kappa shape index (κ2) is 9.91. The summed E-state index contributed by atoms with van der Waals surface area (Å²) < 4.78 is 7.88. The molecule has 0 aliphatic heterocycles. The first kappa shape index (κ1) is 21.4. The highest BCUT2D eigenvalue weighted by Gasteiger charge is 2.14. The fourth-order valence-corrected chi connectivity index (χ4v) is 3.00. The number of para-hydroxylation sites is 1. The van der Waals surface area contributed by atoms with Gasteiger partial charge >= 0.3 is 0 Å². The van der Waals surface area contributed by atoms with E-state index in [0.29, 0.717) is 19.6 Å². The molecule has 0 radical (unpaired) electrons. The third kappa shape index (κ3) is 6.62. The molecule has 3 rings (SSSR count). The van der Waals surface area contributed by atoms with Crippen LogP contribution in [0.2, 0.25) is 0 Å². The van der Waals surface area contributed by atoms with E-state index in [2.05, 4.69) is 76.8 Å². The van der Waals surface area contributed by atoms with Crippen LogP contribution in [-0.4, -0.2) is 33.4 Å². The summed E-state index contributed by atoms with van der Waals surface area (Å²) in [6.45, 7) is 8.15. The van der Waals surface area contributed by atoms with Crippen molar-refractivity contribution in [3.8, 4) is 5.75 Å². The highest BCUT2D eigenvalue weighted by atomic mass is 16.5. The Kier molecular flexibility index (Phi) is 7.06. The Morgan fingerprint density at radius 1 is 1.03 bits per heavy atom. The molecular formula is C23H30N6O. The van der Waals surface area contributed by atoms with E-state index in [1.54, 1.807) is 19.7 Å². The third-order valence-electron chi connectivity index (χ3n) is 4.32. The van der Waals surface area contributed by atoms with Gasteiger partial charge in [-0.05, 0) is 38.0 Å². The van der Waals surface area contributed by atoms with Crippen molar-refractivity contribution in [1.82, 2.24) is 25.4 Å². The largest absolute Gasteiger partial charge is 0.488 e. The van der Waals surface area contributed by atoms with Crippen LogP contribution in [0, 0.1) is 0 Å². The predicted molar refractivity (Wildman–Crippen MR) is 119 cm³/mol. The highest BCUT2D eigenvalue weighted by molar-refractivity contribution is 5.79. The Labute approximate surface area is 178 Å². The van der Waals surface area contributed by atoms with E-state index in [1.807, 2.05) is 22.9 Å². The molecule has 0 spiro atoms. The molecule has 2 aromatic carbocycles. The highest BCUT2D eigenvalue weighted by Crippen LogP contribution is 2.22. The van der Waals surface area contributed by atoms with E-state index in [4.69, 9.17) is 4.74 Å². The molecule has 0 bridgehead atoms. The van der Waals surface area contributed by atoms with Gasteiger partial charge in [-0.2, -0.15) is 5.10 Å². The zero-order valence-electron chi connectivity index (χ0n) is 18.1. The smallest absolute Gasteiger partial charge is 0.191 e. The molecule has 0 aliphatic carbocycles. The number of hydrogen-bond acceptors (Lipinski definition) is 4. The minimum absolute atomic E-state index is 0.243. The summed E-state index contributed by atoms with van der Waals surface area (Å²) >= 11 is 0. The molecule has 158 valence electrons. The quantitative estimate of drug-likeness (QED) is 0.465. The zero-order valence-corrected chi connectivity index (χ0v) is 18.1. The molecule has 7 heteroatoms. The van der Waals surface area contributed by atoms with Gasteiger partial charge in [-0.3, -0.25) is 4.99 Å². The molecule has 1 aromatic heterocycles. The molecule has 0 saturated heterocycles. The maximum absolute atomic E-state index is 6.07. The maximum Gasteiger partial charge on any atom is 0.191 e. The number of guanidine groups is 1. The number of hydrogen-bond donors (Lipinski definition) is 2. The number of rotatable bonds is 7. The van der Waals surface area contributed by atoms with Gasteiger partial charge in [0.2, 0.25) is 0 Å². The third-order valence-corrected chi connectivity index (χ3v) is 4.32. The van der Waals surface area contributed by atoms with E-state index in [9.17, 15) is 0 Å². The minimum Gasteiger partial charge on any atom is -0.488 e. The van der Waals surface area contributed by atoms with E-state index >= 15 is 0 Å². The Bertz CT molecular complexity index is 960. The van der Waals surface area contributed by atoms with Crippen LogP contribution in [0.4, 0.5) is 0 Å². The summed E-state index contributed by atoms with van der Waals surface area (Å²) in [5.74, 6) is 1.62. The summed E-state index contributed by atoms with van der Waals surface area (Å²) in [5, 5.41) is 10.9. The van der Waals surface area contributed by atoms with Gasteiger partial charge in [0.05, 0.1) is 6.54 Å². The minimum atomic E-state index is -0.243. The summed E-state index contributed by atoms with van der Waals surface area (Å²) in [6, 6.07) is 16.5. The van der Waals surface area contributed by atoms with Gasteiger partial charge in [0.15, 0.2) is 5.96 Å². The topological polar surface area (TPSA) is 76.4 Å². The number of aliphatic imine (C=N–C) groups is 1. The lowest BCUT2D eigenvalue weighted by molar-refractivity contribution is 0.129. The van der Waals surface area contributed by atoms with Gasteiger partial charge in [0.25, 0.3) is 0 Å². The Balaban J connectivity index is 1.56. The first-order valence-electron chi connectivity index (χ1n) is 10.0. The molecule has 0 atom stereocenters. The molecule has 0 saturated carbocycles. The predicted octanol–water partition coefficient (Wildman–Crippen LogP) is 3.37. The molecule has 7 nitrogen and oxygen atoms in total. The van der Waals surface area contributed by atoms with Gasteiger partial charge in [-0.25, -0.2) is 9.67 Å². The Morgan fingerprint density at radius 2 is 1.80 bits per heavy atom. The van der Waals surface area contributed by atoms with Crippen molar-refractivity contribution in [2.24, 2.45) is 4.99 Å². The van der Waals surface area contributed by atoms with Crippen LogP contribution in [0.1, 0.15) is 37.5 Å². The molecule has 0 fully saturated rings. The Hall–Kier alpha value is -3.35. The number of ether oxygens (including phenoxy) is 1. The van der Waals surface area contributed by atoms with Gasteiger partial charge in [0, 0.05) is 25.7 Å². The molecule has 30 heavy (non-hydrogen) atoms. The van der Waals surface area contributed by atoms with Gasteiger partial charge < -0.3 is 15.4 Å². The summed E-state index contributed by atoms with van der Waals surface area (Å²) in [7, 11) is 1.77. The van der Waals surface area contributed by atoms with Crippen molar-refractivity contribution in [2.45, 2.75) is 46.0 Å². The van der Waals surface area contributed by atoms with Gasteiger partial charge in [-0.15, -0.1) is 0 Å². The molecule has 0 unspecified atom stereocenters. The molecule has 1 heterocycles. The van der Waals surface area contributed by atoms with E-state index in [-0.39, 0.29) is 5.60 Å². The first-order valence-corrected chi connectivity index (χ1v) is 10.0. The summed E-state index contributed by atoms with van der Waals surface area (Å²) in [6.07, 6.45) is 3.27. The molecule has 3 aromatic rings. The molecular weight excluding hydrogens is 376 g/mol. The fraction of sp³-hybridized carbons (Fsp3) is 0.348. The van der Waals surface area contributed by atoms with Crippen LogP contribution in [-0.2, 0) is 19.6 Å². The van der Waals surface area contributed by atoms with E-state index < -0.39 is 0 Å². The van der Waals surface area contributed by atoms with Crippen molar-refractivity contribution < 1.29 is 4.74 Å². The van der Waals surface area contributed by atoms with Gasteiger partial charge in [-0.1, -0.05) is 42.5 Å². The lowest BCUT2D eigenvalue weighted by Gasteiger charge is -2.23. The average molecular weight is 407 g/mol. The van der Waals surface area contributed by atoms with Crippen LogP contribution in [0.15, 0.2) is 66.2 Å². The SMILES string of the molecule is CN=C(NCc1cccc(Cn2cncn2)c1)NCc1ccccc1OC(C)(C)C. The monoisotopic (exact) mass is 406 g/mol. The molecule has 0 aliphatic rings. The number of nitrogens with one attached hydrogen (secondary N) is 2. The number of nitrogens with zero attached hydrogens (tertiary/aromatic N) is 4. The molecule has 2 N–H and O–H groups in total. The van der Waals surface area contributed by atoms with Crippen LogP contribution < -0.4 is 15.4 Å². The second-order valence-electron chi connectivity index (χ2n) is 8.01. The lowest BCUT2D eigenvalue weighted by Crippen LogP contribution is -2.36. The van der Waals surface area contributed by atoms with Crippen molar-refractivity contribution in [1.29, 1.82) is 0 Å². The van der Waals surface area contributed by atoms with Crippen molar-refractivity contribution >= 4 is 5.96 Å². The van der Waals surface area contributed by atoms with E-state index in [1.165, 1.54) is 11.1 Å². The summed E-state index contributed by atoms with van der Waals surface area (Å²) in [5.41, 5.74) is 3.20.